The Bertz CT molecular complexity index is 4710. The molecule has 0 bridgehead atoms. The number of nitrogens with zero attached hydrogens (tertiary/aromatic N) is 27. The van der Waals surface area contributed by atoms with Crippen molar-refractivity contribution in [3.63, 3.8) is 0 Å². The molecule has 0 aliphatic heterocycles. The monoisotopic (exact) mass is 1900 g/mol. The number of carbonyl (C=O) groups excluding carboxylic acids is 1. The minimum Gasteiger partial charge on any atom is -0.459 e. The molecule has 624 valence electrons. The molecule has 0 saturated carbocycles. The Morgan fingerprint density at radius 3 is 1.09 bits per heavy atom. The molecule has 0 spiro atoms. The average Bonchev–Trinajstić information content (AvgIpc) is 1.65. The zero-order valence-corrected chi connectivity index (χ0v) is 72.5. The first-order valence-corrected chi connectivity index (χ1v) is 36.3. The van der Waals surface area contributed by atoms with Crippen molar-refractivity contribution in [1.29, 1.82) is 0 Å². The fourth-order valence-electron chi connectivity index (χ4n) is 8.16. The fourth-order valence-corrected chi connectivity index (χ4v) is 10.8. The van der Waals surface area contributed by atoms with Crippen LogP contribution in [0.4, 0.5) is 52.4 Å². The van der Waals surface area contributed by atoms with Gasteiger partial charge in [-0.3, -0.25) is 9.13 Å². The highest BCUT2D eigenvalue weighted by Gasteiger charge is 2.36. The van der Waals surface area contributed by atoms with Crippen LogP contribution in [-0.2, 0) is 89.1 Å². The summed E-state index contributed by atoms with van der Waals surface area (Å²) in [6.45, 7) is 21.8. The van der Waals surface area contributed by atoms with Crippen molar-refractivity contribution < 1.29 is 58.9 Å². The lowest BCUT2D eigenvalue weighted by Crippen LogP contribution is -2.27. The Hall–Kier alpha value is -11.4. The largest absolute Gasteiger partial charge is 0.459 e. The Morgan fingerprint density at radius 1 is 0.482 bits per heavy atom. The van der Waals surface area contributed by atoms with E-state index in [9.17, 15) is 95.8 Å². The highest BCUT2D eigenvalue weighted by Crippen LogP contribution is 2.32. The number of aliphatic hydroxyl groups is 1. The van der Waals surface area contributed by atoms with Crippen LogP contribution in [0.5, 0.6) is 0 Å². The molecule has 0 aromatic carbocycles. The maximum atomic E-state index is 11.9. The number of nitro groups is 9. The zero-order chi connectivity index (χ0) is 88.3. The maximum absolute atomic E-state index is 11.9. The van der Waals surface area contributed by atoms with E-state index in [1.165, 1.54) is 21.5 Å². The Balaban J connectivity index is 0.000000639. The van der Waals surface area contributed by atoms with E-state index in [1.807, 2.05) is 6.92 Å². The molecular formula is C58H79Br4Cl2N29O21. The number of ether oxygens (including phenoxy) is 1. The normalized spacial score (nSPS) is 10.5. The summed E-state index contributed by atoms with van der Waals surface area (Å²) in [5.41, 5.74) is 2.26. The van der Waals surface area contributed by atoms with Gasteiger partial charge in [0.05, 0.1) is 23.1 Å². The maximum Gasteiger partial charge on any atom is 0.388 e. The Morgan fingerprint density at radius 2 is 0.851 bits per heavy atom. The van der Waals surface area contributed by atoms with Crippen LogP contribution in [0.15, 0.2) is 34.3 Å². The first kappa shape index (κ1) is 101. The van der Waals surface area contributed by atoms with Gasteiger partial charge in [0.2, 0.25) is 34.9 Å². The summed E-state index contributed by atoms with van der Waals surface area (Å²) in [6.07, 6.45) is 6.11. The van der Waals surface area contributed by atoms with Gasteiger partial charge in [0.25, 0.3) is 9.47 Å². The number of hydrogen-bond donors (Lipinski definition) is 3. The second-order valence-corrected chi connectivity index (χ2v) is 26.9. The summed E-state index contributed by atoms with van der Waals surface area (Å²) >= 11 is 24.0. The van der Waals surface area contributed by atoms with Crippen LogP contribution >= 0.6 is 86.9 Å². The van der Waals surface area contributed by atoms with Crippen LogP contribution in [0.3, 0.4) is 0 Å². The molecule has 0 aliphatic carbocycles. The predicted octanol–water partition coefficient (Wildman–Crippen LogP) is 11.6. The topological polar surface area (TPSA) is 635 Å². The molecule has 0 fully saturated rings. The lowest BCUT2D eigenvalue weighted by atomic mass is 10.2. The molecule has 0 radical (unpaired) electrons. The van der Waals surface area contributed by atoms with Gasteiger partial charge in [0.1, 0.15) is 63.7 Å². The van der Waals surface area contributed by atoms with Gasteiger partial charge in [0.15, 0.2) is 11.2 Å². The quantitative estimate of drug-likeness (QED) is 0.0371. The van der Waals surface area contributed by atoms with Crippen molar-refractivity contribution in [2.75, 3.05) is 0 Å². The van der Waals surface area contributed by atoms with E-state index >= 15 is 0 Å². The van der Waals surface area contributed by atoms with Crippen LogP contribution in [0.2, 0.25) is 0 Å². The minimum absolute atomic E-state index is 0.0263. The SMILES string of the molecule is Cc1c([N+](=O)[O-])nc(Br)n1C.Cc1nc([N+](=O)[O-])c(C(Cl)C(=O)OC(C)(C)C)n1C.Cc1nc([N+](=O)[O-])c(C)n1C.Cc1nc([N+](=O)[O-])c(CBr)n1C.Cc1nc([N+](=O)[O-])c(CBr)n1C.Cc1nc([N+](=O)[O-])c(CCl)n1C.Cc1nc([N+](=O)[O-])cn1C.Cc1ncc([N+](=O)[O-])[nH]1.Cc1ncc[nH]1.Cn1c(Br)nc([N+](=O)[O-])c1CO. The number of H-pyrrole nitrogens is 2. The summed E-state index contributed by atoms with van der Waals surface area (Å²) in [5, 5.41) is 102. The zero-order valence-electron chi connectivity index (χ0n) is 64.7. The number of imidazole rings is 10. The number of rotatable bonds is 15. The first-order chi connectivity index (χ1) is 52.6. The number of aromatic amines is 2. The molecule has 10 heterocycles. The number of aryl methyl sites for hydroxylation is 9. The summed E-state index contributed by atoms with van der Waals surface area (Å²) in [6, 6.07) is 0. The molecular weight excluding hydrogens is 1830 g/mol. The molecule has 56 heteroatoms. The molecule has 3 N–H and O–H groups in total. The molecule has 10 aromatic rings. The van der Waals surface area contributed by atoms with Crippen LogP contribution < -0.4 is 0 Å². The van der Waals surface area contributed by atoms with E-state index in [4.69, 9.17) is 33.0 Å². The predicted molar refractivity (Wildman–Crippen MR) is 421 cm³/mol. The Labute approximate surface area is 688 Å². The number of halogens is 6. The number of nitrogens with one attached hydrogen (secondary N) is 2. The van der Waals surface area contributed by atoms with Gasteiger partial charge in [-0.2, -0.15) is 0 Å². The second kappa shape index (κ2) is 45.4. The molecule has 10 aromatic heterocycles. The molecule has 0 saturated heterocycles. The van der Waals surface area contributed by atoms with Gasteiger partial charge in [0, 0.05) is 149 Å². The van der Waals surface area contributed by atoms with E-state index in [0.29, 0.717) is 89.4 Å². The van der Waals surface area contributed by atoms with E-state index in [1.54, 1.807) is 179 Å². The van der Waals surface area contributed by atoms with Gasteiger partial charge in [-0.15, -0.1) is 23.2 Å². The van der Waals surface area contributed by atoms with Crippen molar-refractivity contribution in [3.05, 3.63) is 212 Å². The molecule has 10 rings (SSSR count). The average molecular weight is 1910 g/mol. The molecule has 0 amide bonds. The van der Waals surface area contributed by atoms with E-state index in [-0.39, 0.29) is 63.8 Å². The van der Waals surface area contributed by atoms with Crippen molar-refractivity contribution >= 4 is 145 Å². The number of aromatic nitrogens is 20. The van der Waals surface area contributed by atoms with Gasteiger partial charge >= 0.3 is 58.3 Å². The van der Waals surface area contributed by atoms with E-state index in [2.05, 4.69) is 124 Å². The van der Waals surface area contributed by atoms with Crippen LogP contribution in [-0.4, -0.2) is 157 Å². The molecule has 114 heavy (non-hydrogen) atoms. The minimum atomic E-state index is -1.27. The standard InChI is InChI=1S/C11H16ClN3O4.2C6H8BrN3O2.C6H8ClN3O2.C6H9N3O2.C5H6BrN3O3.C5H6BrN3O2.C5H7N3O2.C4H5N3O2.C4H6N2/c1-6-13-9(15(17)18)8(14(6)5)7(12)10(16)19-11(2,3)4;3*1-4-8-6(10(11)12)5(3-7)9(4)2;1-4-6(9(10)11)7-5(2)8(4)3;1-8-3(2-10)4(9(11)12)7-5(8)6;1-3-4(9(10)11)7-5(6)8(3)2;1-4-6-5(8(9)10)3-7(4)2;1-3-5-2-4(6-3)7(8)9;1-4-5-2-3-6-4/h7H,1-5H3;3*3H2,1-2H3;1-3H3;10H,2H2,1H3;1-2H3;3H,1-2H3;2H,1H3,(H,5,6);2-3H,1H3,(H,5,6). The van der Waals surface area contributed by atoms with Crippen LogP contribution in [0, 0.1) is 160 Å². The third kappa shape index (κ3) is 29.0. The van der Waals surface area contributed by atoms with E-state index < -0.39 is 73.7 Å². The third-order valence-corrected chi connectivity index (χ3v) is 18.1. The van der Waals surface area contributed by atoms with Crippen molar-refractivity contribution in [2.45, 2.75) is 124 Å². The molecule has 1 atom stereocenters. The number of aliphatic hydroxyl groups excluding tert-OH is 1. The van der Waals surface area contributed by atoms with Gasteiger partial charge in [-0.25, -0.2) is 19.7 Å². The summed E-state index contributed by atoms with van der Waals surface area (Å²) in [7, 11) is 13.5. The van der Waals surface area contributed by atoms with Gasteiger partial charge in [-0.05, 0) is 126 Å². The highest BCUT2D eigenvalue weighted by atomic mass is 79.9. The third-order valence-electron chi connectivity index (χ3n) is 15.0. The smallest absolute Gasteiger partial charge is 0.388 e. The van der Waals surface area contributed by atoms with Crippen molar-refractivity contribution in [3.8, 4) is 0 Å². The molecule has 50 nitrogen and oxygen atoms in total. The summed E-state index contributed by atoms with van der Waals surface area (Å²) in [5.74, 6) is 3.17. The lowest BCUT2D eigenvalue weighted by Gasteiger charge is -2.21. The van der Waals surface area contributed by atoms with Crippen molar-refractivity contribution in [1.82, 2.24) is 96.3 Å². The van der Waals surface area contributed by atoms with Gasteiger partial charge < -0.3 is 133 Å². The lowest BCUT2D eigenvalue weighted by molar-refractivity contribution is -0.390. The van der Waals surface area contributed by atoms with E-state index in [0.717, 1.165) is 5.82 Å². The molecule has 1 unspecified atom stereocenters. The number of esters is 1. The number of hydrogen-bond acceptors (Lipinski definition) is 31. The fraction of sp³-hybridized carbons (Fsp3) is 0.466. The Kier molecular flexibility index (Phi) is 40.0. The van der Waals surface area contributed by atoms with Gasteiger partial charge in [-0.1, -0.05) is 31.9 Å². The van der Waals surface area contributed by atoms with Crippen LogP contribution in [0.1, 0.15) is 113 Å². The van der Waals surface area contributed by atoms with Crippen LogP contribution in [0.25, 0.3) is 0 Å². The summed E-state index contributed by atoms with van der Waals surface area (Å²) in [4.78, 5) is 143. The number of alkyl halides is 4. The second-order valence-electron chi connectivity index (χ2n) is 23.6. The molecule has 0 aliphatic rings. The van der Waals surface area contributed by atoms with Crippen molar-refractivity contribution in [2.24, 2.45) is 56.4 Å². The number of carbonyl (C=O) groups is 1. The summed E-state index contributed by atoms with van der Waals surface area (Å²) < 4.78 is 18.7. The first-order valence-electron chi connectivity index (χ1n) is 31.5. The highest BCUT2D eigenvalue weighted by molar-refractivity contribution is 9.10.